The van der Waals surface area contributed by atoms with Crippen LogP contribution in [0.3, 0.4) is 0 Å². The van der Waals surface area contributed by atoms with Crippen LogP contribution in [0.4, 0.5) is 16.4 Å². The zero-order valence-corrected chi connectivity index (χ0v) is 17.8. The summed E-state index contributed by atoms with van der Waals surface area (Å²) in [7, 11) is -3.49. The molecule has 0 spiro atoms. The highest BCUT2D eigenvalue weighted by Gasteiger charge is 2.30. The van der Waals surface area contributed by atoms with Crippen molar-refractivity contribution in [1.29, 1.82) is 0 Å². The van der Waals surface area contributed by atoms with Gasteiger partial charge in [0, 0.05) is 42.5 Å². The van der Waals surface area contributed by atoms with Gasteiger partial charge in [-0.25, -0.2) is 22.9 Å². The highest BCUT2D eigenvalue weighted by Crippen LogP contribution is 2.36. The molecule has 1 aliphatic heterocycles. The number of hydrogen-bond donors (Lipinski definition) is 4. The molecule has 0 bridgehead atoms. The fourth-order valence-electron chi connectivity index (χ4n) is 3.86. The molecule has 30 heavy (non-hydrogen) atoms. The number of amides is 1. The van der Waals surface area contributed by atoms with Crippen LogP contribution in [0, 0.1) is 0 Å². The highest BCUT2D eigenvalue weighted by molar-refractivity contribution is 7.89. The van der Waals surface area contributed by atoms with Crippen LogP contribution in [0.25, 0.3) is 0 Å². The van der Waals surface area contributed by atoms with E-state index in [1.165, 1.54) is 6.07 Å². The number of aromatic amines is 1. The summed E-state index contributed by atoms with van der Waals surface area (Å²) in [5, 5.41) is 13.1. The molecule has 3 heterocycles. The summed E-state index contributed by atoms with van der Waals surface area (Å²) >= 11 is 0. The van der Waals surface area contributed by atoms with Crippen LogP contribution in [0.15, 0.2) is 23.2 Å². The molecule has 1 aliphatic carbocycles. The van der Waals surface area contributed by atoms with Crippen LogP contribution in [0.5, 0.6) is 0 Å². The van der Waals surface area contributed by atoms with Crippen molar-refractivity contribution in [2.45, 2.75) is 62.5 Å². The molecular formula is C19H26N6O4S. The number of sulfonamides is 1. The number of nitrogens with zero attached hydrogens (tertiary/aromatic N) is 2. The monoisotopic (exact) mass is 434 g/mol. The Balaban J connectivity index is 1.39. The van der Waals surface area contributed by atoms with Crippen molar-refractivity contribution < 1.29 is 17.9 Å². The molecule has 2 aliphatic rings. The zero-order chi connectivity index (χ0) is 21.3. The molecule has 1 saturated carbocycles. The van der Waals surface area contributed by atoms with E-state index < -0.39 is 10.0 Å². The number of alkyl carbamates (subject to hydrolysis) is 1. The molecule has 2 atom stereocenters. The Morgan fingerprint density at radius 3 is 2.90 bits per heavy atom. The molecule has 11 heteroatoms. The number of hydrogen-bond acceptors (Lipinski definition) is 7. The van der Waals surface area contributed by atoms with Gasteiger partial charge < -0.3 is 15.4 Å². The SMILES string of the molecule is CC(C)NC(=O)O[C@@H]1CC[C@H](c2cc(Nc3cc4c(cn3)CCNS4(=O)=O)n[nH]2)C1. The van der Waals surface area contributed by atoms with Crippen molar-refractivity contribution in [3.63, 3.8) is 0 Å². The molecule has 162 valence electrons. The van der Waals surface area contributed by atoms with Crippen molar-refractivity contribution in [2.75, 3.05) is 11.9 Å². The van der Waals surface area contributed by atoms with E-state index >= 15 is 0 Å². The van der Waals surface area contributed by atoms with Gasteiger partial charge in [-0.3, -0.25) is 5.10 Å². The first-order valence-electron chi connectivity index (χ1n) is 10.1. The standard InChI is InChI=1S/C19H26N6O4S/c1-11(2)22-19(26)29-14-4-3-12(7-14)15-8-18(25-24-15)23-17-9-16-13(10-20-17)5-6-21-30(16,27)28/h8-12,14,21H,3-7H2,1-2H3,(H,22,26)(H2,20,23,24,25)/t12-,14+/m0/s1. The summed E-state index contributed by atoms with van der Waals surface area (Å²) in [5.41, 5.74) is 1.65. The van der Waals surface area contributed by atoms with Crippen molar-refractivity contribution >= 4 is 27.8 Å². The smallest absolute Gasteiger partial charge is 0.407 e. The second-order valence-corrected chi connectivity index (χ2v) is 9.73. The van der Waals surface area contributed by atoms with Gasteiger partial charge in [-0.1, -0.05) is 0 Å². The number of anilines is 2. The van der Waals surface area contributed by atoms with Gasteiger partial charge >= 0.3 is 6.09 Å². The molecule has 1 amide bonds. The van der Waals surface area contributed by atoms with E-state index in [2.05, 4.69) is 30.5 Å². The molecule has 2 aromatic rings. The number of fused-ring (bicyclic) bond motifs is 1. The van der Waals surface area contributed by atoms with Crippen LogP contribution in [-0.4, -0.2) is 48.4 Å². The average molecular weight is 435 g/mol. The van der Waals surface area contributed by atoms with Crippen molar-refractivity contribution in [3.05, 3.63) is 29.6 Å². The van der Waals surface area contributed by atoms with E-state index in [9.17, 15) is 13.2 Å². The van der Waals surface area contributed by atoms with Gasteiger partial charge in [0.15, 0.2) is 5.82 Å². The van der Waals surface area contributed by atoms with E-state index in [0.29, 0.717) is 30.2 Å². The normalized spacial score (nSPS) is 22.5. The number of carbonyl (C=O) groups excluding carboxylic acids is 1. The number of H-pyrrole nitrogens is 1. The maximum Gasteiger partial charge on any atom is 0.407 e. The van der Waals surface area contributed by atoms with Gasteiger partial charge in [-0.05, 0) is 45.1 Å². The predicted octanol–water partition coefficient (Wildman–Crippen LogP) is 2.15. The van der Waals surface area contributed by atoms with Gasteiger partial charge in [-0.15, -0.1) is 0 Å². The van der Waals surface area contributed by atoms with Crippen LogP contribution in [0.1, 0.15) is 50.3 Å². The minimum Gasteiger partial charge on any atom is -0.446 e. The molecule has 4 rings (SSSR count). The van der Waals surface area contributed by atoms with Crippen LogP contribution >= 0.6 is 0 Å². The first kappa shape index (κ1) is 20.6. The third kappa shape index (κ3) is 4.57. The van der Waals surface area contributed by atoms with Gasteiger partial charge in [0.05, 0.1) is 4.90 Å². The third-order valence-corrected chi connectivity index (χ3v) is 6.82. The van der Waals surface area contributed by atoms with E-state index in [1.807, 2.05) is 19.9 Å². The second kappa shape index (κ2) is 8.23. The second-order valence-electron chi connectivity index (χ2n) is 7.99. The zero-order valence-electron chi connectivity index (χ0n) is 16.9. The molecular weight excluding hydrogens is 408 g/mol. The summed E-state index contributed by atoms with van der Waals surface area (Å²) in [4.78, 5) is 16.3. The number of aromatic nitrogens is 3. The Hall–Kier alpha value is -2.66. The molecule has 10 nitrogen and oxygen atoms in total. The highest BCUT2D eigenvalue weighted by atomic mass is 32.2. The maximum absolute atomic E-state index is 12.2. The van der Waals surface area contributed by atoms with Crippen molar-refractivity contribution in [3.8, 4) is 0 Å². The predicted molar refractivity (Wildman–Crippen MR) is 110 cm³/mol. The number of ether oxygens (including phenoxy) is 1. The molecule has 0 saturated heterocycles. The largest absolute Gasteiger partial charge is 0.446 e. The van der Waals surface area contributed by atoms with Gasteiger partial charge in [0.2, 0.25) is 10.0 Å². The minimum absolute atomic E-state index is 0.0407. The molecule has 0 unspecified atom stereocenters. The third-order valence-electron chi connectivity index (χ3n) is 5.28. The van der Waals surface area contributed by atoms with Gasteiger partial charge in [-0.2, -0.15) is 5.10 Å². The van der Waals surface area contributed by atoms with Gasteiger partial charge in [0.25, 0.3) is 0 Å². The first-order chi connectivity index (χ1) is 14.3. The fourth-order valence-corrected chi connectivity index (χ4v) is 5.15. The topological polar surface area (TPSA) is 138 Å². The summed E-state index contributed by atoms with van der Waals surface area (Å²) in [6.45, 7) is 4.17. The quantitative estimate of drug-likeness (QED) is 0.566. The maximum atomic E-state index is 12.2. The summed E-state index contributed by atoms with van der Waals surface area (Å²) < 4.78 is 32.4. The number of carbonyl (C=O) groups is 1. The molecule has 4 N–H and O–H groups in total. The molecule has 0 aromatic carbocycles. The molecule has 1 fully saturated rings. The molecule has 0 radical (unpaired) electrons. The summed E-state index contributed by atoms with van der Waals surface area (Å²) in [6, 6.07) is 3.45. The van der Waals surface area contributed by atoms with E-state index in [0.717, 1.165) is 25.0 Å². The minimum atomic E-state index is -3.49. The lowest BCUT2D eigenvalue weighted by molar-refractivity contribution is 0.0981. The lowest BCUT2D eigenvalue weighted by Crippen LogP contribution is -2.33. The fraction of sp³-hybridized carbons (Fsp3) is 0.526. The van der Waals surface area contributed by atoms with Crippen molar-refractivity contribution in [1.82, 2.24) is 25.2 Å². The summed E-state index contributed by atoms with van der Waals surface area (Å²) in [5.74, 6) is 1.18. The number of pyridine rings is 1. The average Bonchev–Trinajstić information content (AvgIpc) is 3.31. The lowest BCUT2D eigenvalue weighted by Gasteiger charge is -2.17. The Kier molecular flexibility index (Phi) is 5.65. The van der Waals surface area contributed by atoms with Crippen LogP contribution in [0.2, 0.25) is 0 Å². The van der Waals surface area contributed by atoms with E-state index in [1.54, 1.807) is 6.20 Å². The Labute approximate surface area is 175 Å². The molecule has 2 aromatic heterocycles. The van der Waals surface area contributed by atoms with E-state index in [4.69, 9.17) is 4.74 Å². The first-order valence-corrected chi connectivity index (χ1v) is 11.6. The van der Waals surface area contributed by atoms with Crippen LogP contribution in [-0.2, 0) is 21.2 Å². The Bertz CT molecular complexity index is 1040. The van der Waals surface area contributed by atoms with Crippen molar-refractivity contribution in [2.24, 2.45) is 0 Å². The van der Waals surface area contributed by atoms with Crippen LogP contribution < -0.4 is 15.4 Å². The Morgan fingerprint density at radius 1 is 1.27 bits per heavy atom. The number of nitrogens with one attached hydrogen (secondary N) is 4. The Morgan fingerprint density at radius 2 is 2.10 bits per heavy atom. The number of rotatable bonds is 5. The van der Waals surface area contributed by atoms with E-state index in [-0.39, 0.29) is 29.1 Å². The summed E-state index contributed by atoms with van der Waals surface area (Å²) in [6.07, 6.45) is 4.13. The van der Waals surface area contributed by atoms with Gasteiger partial charge in [0.1, 0.15) is 11.9 Å². The lowest BCUT2D eigenvalue weighted by atomic mass is 10.0.